The van der Waals surface area contributed by atoms with E-state index in [4.69, 9.17) is 10.5 Å². The minimum absolute atomic E-state index is 0.0606. The Balaban J connectivity index is 2.26. The zero-order chi connectivity index (χ0) is 12.4. The Morgan fingerprint density at radius 3 is 3.00 bits per heavy atom. The summed E-state index contributed by atoms with van der Waals surface area (Å²) in [6.45, 7) is 3.34. The lowest BCUT2D eigenvalue weighted by molar-refractivity contribution is -0.133. The average Bonchev–Trinajstić information content (AvgIpc) is 2.33. The van der Waals surface area contributed by atoms with E-state index in [0.717, 1.165) is 15.7 Å². The van der Waals surface area contributed by atoms with Crippen LogP contribution in [0.25, 0.3) is 0 Å². The van der Waals surface area contributed by atoms with Crippen molar-refractivity contribution in [1.29, 1.82) is 0 Å². The molecule has 1 saturated heterocycles. The number of nitrogens with two attached hydrogens (primary N) is 1. The number of amides is 1. The van der Waals surface area contributed by atoms with Gasteiger partial charge in [0.25, 0.3) is 5.91 Å². The molecule has 1 fully saturated rings. The largest absolute Gasteiger partial charge is 0.365 e. The summed E-state index contributed by atoms with van der Waals surface area (Å²) in [7, 11) is 0. The van der Waals surface area contributed by atoms with Crippen molar-refractivity contribution < 1.29 is 9.53 Å². The number of carbonyl (C=O) groups is 1. The number of benzene rings is 1. The Hall–Kier alpha value is -0.910. The van der Waals surface area contributed by atoms with E-state index in [1.54, 1.807) is 4.90 Å². The topological polar surface area (TPSA) is 55.6 Å². The molecule has 1 aliphatic rings. The molecule has 17 heavy (non-hydrogen) atoms. The fourth-order valence-corrected chi connectivity index (χ4v) is 2.18. The molecule has 1 aromatic rings. The van der Waals surface area contributed by atoms with Crippen LogP contribution in [0.4, 0.5) is 5.69 Å². The van der Waals surface area contributed by atoms with E-state index in [9.17, 15) is 4.79 Å². The van der Waals surface area contributed by atoms with Gasteiger partial charge in [-0.1, -0.05) is 22.0 Å². The summed E-state index contributed by atoms with van der Waals surface area (Å²) in [4.78, 5) is 13.8. The number of aryl methyl sites for hydroxylation is 1. The molecule has 92 valence electrons. The number of hydrogen-bond donors (Lipinski definition) is 1. The van der Waals surface area contributed by atoms with Gasteiger partial charge in [0, 0.05) is 23.2 Å². The van der Waals surface area contributed by atoms with Crippen LogP contribution in [0, 0.1) is 6.92 Å². The predicted octanol–water partition coefficient (Wildman–Crippen LogP) is 1.45. The Morgan fingerprint density at radius 1 is 1.59 bits per heavy atom. The minimum Gasteiger partial charge on any atom is -0.365 e. The van der Waals surface area contributed by atoms with Crippen LogP contribution in [0.3, 0.4) is 0 Å². The normalized spacial score (nSPS) is 20.8. The van der Waals surface area contributed by atoms with E-state index in [1.807, 2.05) is 25.1 Å². The molecule has 1 unspecified atom stereocenters. The van der Waals surface area contributed by atoms with Crippen LogP contribution < -0.4 is 10.6 Å². The van der Waals surface area contributed by atoms with Crippen molar-refractivity contribution in [2.75, 3.05) is 24.6 Å². The molecule has 1 amide bonds. The maximum absolute atomic E-state index is 12.1. The second-order valence-electron chi connectivity index (χ2n) is 4.02. The summed E-state index contributed by atoms with van der Waals surface area (Å²) in [6.07, 6.45) is -0.510. The summed E-state index contributed by atoms with van der Waals surface area (Å²) in [5.41, 5.74) is 7.53. The standard InChI is InChI=1S/C12H15BrN2O2/c1-8-2-3-9(6-10(8)13)15-4-5-17-11(7-14)12(15)16/h2-3,6,11H,4-5,7,14H2,1H3. The molecular formula is C12H15BrN2O2. The molecule has 1 aliphatic heterocycles. The first-order valence-electron chi connectivity index (χ1n) is 5.52. The van der Waals surface area contributed by atoms with Gasteiger partial charge in [-0.25, -0.2) is 0 Å². The van der Waals surface area contributed by atoms with Gasteiger partial charge in [0.05, 0.1) is 6.61 Å². The minimum atomic E-state index is -0.510. The molecule has 0 aromatic heterocycles. The average molecular weight is 299 g/mol. The SMILES string of the molecule is Cc1ccc(N2CCOC(CN)C2=O)cc1Br. The zero-order valence-corrected chi connectivity index (χ0v) is 11.2. The van der Waals surface area contributed by atoms with Crippen molar-refractivity contribution in [1.82, 2.24) is 0 Å². The van der Waals surface area contributed by atoms with Crippen LogP contribution in [0.15, 0.2) is 22.7 Å². The molecule has 1 atom stereocenters. The molecule has 1 heterocycles. The fourth-order valence-electron chi connectivity index (χ4n) is 1.82. The molecule has 0 saturated carbocycles. The Kier molecular flexibility index (Phi) is 3.81. The number of ether oxygens (including phenoxy) is 1. The summed E-state index contributed by atoms with van der Waals surface area (Å²) in [5.74, 6) is -0.0606. The van der Waals surface area contributed by atoms with Crippen molar-refractivity contribution >= 4 is 27.5 Å². The van der Waals surface area contributed by atoms with Gasteiger partial charge in [-0.3, -0.25) is 4.79 Å². The third kappa shape index (κ3) is 2.51. The third-order valence-corrected chi connectivity index (χ3v) is 3.71. The van der Waals surface area contributed by atoms with Crippen molar-refractivity contribution in [3.8, 4) is 0 Å². The lowest BCUT2D eigenvalue weighted by Gasteiger charge is -2.32. The highest BCUT2D eigenvalue weighted by molar-refractivity contribution is 9.10. The summed E-state index contributed by atoms with van der Waals surface area (Å²) < 4.78 is 6.32. The lowest BCUT2D eigenvalue weighted by atomic mass is 10.2. The number of morpholine rings is 1. The van der Waals surface area contributed by atoms with Gasteiger partial charge in [-0.05, 0) is 24.6 Å². The molecule has 0 spiro atoms. The van der Waals surface area contributed by atoms with Gasteiger partial charge < -0.3 is 15.4 Å². The highest BCUT2D eigenvalue weighted by atomic mass is 79.9. The van der Waals surface area contributed by atoms with Crippen molar-refractivity contribution in [2.24, 2.45) is 5.73 Å². The van der Waals surface area contributed by atoms with Gasteiger partial charge in [0.2, 0.25) is 0 Å². The van der Waals surface area contributed by atoms with E-state index in [1.165, 1.54) is 0 Å². The number of halogens is 1. The second kappa shape index (κ2) is 5.16. The van der Waals surface area contributed by atoms with Gasteiger partial charge in [0.1, 0.15) is 6.10 Å². The van der Waals surface area contributed by atoms with Gasteiger partial charge in [0.15, 0.2) is 0 Å². The molecule has 2 N–H and O–H groups in total. The summed E-state index contributed by atoms with van der Waals surface area (Å²) in [5, 5.41) is 0. The molecular weight excluding hydrogens is 284 g/mol. The van der Waals surface area contributed by atoms with Crippen molar-refractivity contribution in [3.05, 3.63) is 28.2 Å². The molecule has 0 aliphatic carbocycles. The van der Waals surface area contributed by atoms with Crippen LogP contribution in [-0.2, 0) is 9.53 Å². The smallest absolute Gasteiger partial charge is 0.257 e. The van der Waals surface area contributed by atoms with Crippen molar-refractivity contribution in [2.45, 2.75) is 13.0 Å². The maximum Gasteiger partial charge on any atom is 0.257 e. The first kappa shape index (κ1) is 12.5. The van der Waals surface area contributed by atoms with E-state index in [2.05, 4.69) is 15.9 Å². The number of nitrogens with zero attached hydrogens (tertiary/aromatic N) is 1. The molecule has 0 bridgehead atoms. The highest BCUT2D eigenvalue weighted by Gasteiger charge is 2.29. The highest BCUT2D eigenvalue weighted by Crippen LogP contribution is 2.25. The van der Waals surface area contributed by atoms with E-state index in [-0.39, 0.29) is 12.5 Å². The van der Waals surface area contributed by atoms with Crippen LogP contribution in [0.1, 0.15) is 5.56 Å². The molecule has 2 rings (SSSR count). The summed E-state index contributed by atoms with van der Waals surface area (Å²) in [6, 6.07) is 5.88. The Morgan fingerprint density at radius 2 is 2.35 bits per heavy atom. The Bertz CT molecular complexity index is 437. The van der Waals surface area contributed by atoms with Crippen LogP contribution in [0.5, 0.6) is 0 Å². The zero-order valence-electron chi connectivity index (χ0n) is 9.65. The van der Waals surface area contributed by atoms with Gasteiger partial charge in [-0.2, -0.15) is 0 Å². The molecule has 0 radical (unpaired) electrons. The third-order valence-electron chi connectivity index (χ3n) is 2.86. The van der Waals surface area contributed by atoms with E-state index < -0.39 is 6.10 Å². The lowest BCUT2D eigenvalue weighted by Crippen LogP contribution is -2.50. The van der Waals surface area contributed by atoms with E-state index in [0.29, 0.717) is 13.2 Å². The molecule has 4 nitrogen and oxygen atoms in total. The van der Waals surface area contributed by atoms with Crippen LogP contribution in [-0.4, -0.2) is 31.7 Å². The summed E-state index contributed by atoms with van der Waals surface area (Å²) >= 11 is 3.47. The van der Waals surface area contributed by atoms with Crippen LogP contribution in [0.2, 0.25) is 0 Å². The molecule has 5 heteroatoms. The first-order chi connectivity index (χ1) is 8.13. The molecule has 1 aromatic carbocycles. The predicted molar refractivity (Wildman–Crippen MR) is 70.0 cm³/mol. The number of anilines is 1. The second-order valence-corrected chi connectivity index (χ2v) is 4.87. The maximum atomic E-state index is 12.1. The number of rotatable bonds is 2. The van der Waals surface area contributed by atoms with Crippen LogP contribution >= 0.6 is 15.9 Å². The van der Waals surface area contributed by atoms with E-state index >= 15 is 0 Å². The quantitative estimate of drug-likeness (QED) is 0.899. The fraction of sp³-hybridized carbons (Fsp3) is 0.417. The monoisotopic (exact) mass is 298 g/mol. The van der Waals surface area contributed by atoms with Gasteiger partial charge >= 0.3 is 0 Å². The number of carbonyl (C=O) groups excluding carboxylic acids is 1. The van der Waals surface area contributed by atoms with Gasteiger partial charge in [-0.15, -0.1) is 0 Å². The first-order valence-corrected chi connectivity index (χ1v) is 6.32. The van der Waals surface area contributed by atoms with Crippen molar-refractivity contribution in [3.63, 3.8) is 0 Å². The Labute approximate surface area is 109 Å². The number of hydrogen-bond acceptors (Lipinski definition) is 3.